The zero-order valence-electron chi connectivity index (χ0n) is 8.52. The normalized spacial score (nSPS) is 10.0. The lowest BCUT2D eigenvalue weighted by molar-refractivity contribution is -0.138. The number of carboxylic acids is 1. The van der Waals surface area contributed by atoms with Crippen LogP contribution in [0.5, 0.6) is 0 Å². The second-order valence-electron chi connectivity index (χ2n) is 3.02. The Hall–Kier alpha value is -1.63. The highest BCUT2D eigenvalue weighted by Crippen LogP contribution is 1.90. The van der Waals surface area contributed by atoms with Crippen molar-refractivity contribution < 1.29 is 19.5 Å². The first kappa shape index (κ1) is 13.4. The number of amides is 3. The highest BCUT2D eigenvalue weighted by molar-refractivity contribution is 5.94. The molecule has 0 spiro atoms. The van der Waals surface area contributed by atoms with Crippen molar-refractivity contribution in [3.05, 3.63) is 0 Å². The van der Waals surface area contributed by atoms with Gasteiger partial charge in [0.1, 0.15) is 0 Å². The van der Waals surface area contributed by atoms with E-state index in [1.54, 1.807) is 0 Å². The fraction of sp³-hybridized carbons (Fsp3) is 0.625. The highest BCUT2D eigenvalue weighted by Gasteiger charge is 2.13. The minimum atomic E-state index is -1.02. The van der Waals surface area contributed by atoms with Crippen molar-refractivity contribution in [2.24, 2.45) is 5.73 Å². The fourth-order valence-corrected chi connectivity index (χ4v) is 1.10. The van der Waals surface area contributed by atoms with Crippen LogP contribution in [0.4, 0.5) is 4.79 Å². The number of nitrogens with two attached hydrogens (primary N) is 1. The zero-order valence-corrected chi connectivity index (χ0v) is 8.52. The Morgan fingerprint density at radius 1 is 1.33 bits per heavy atom. The molecule has 0 unspecified atom stereocenters. The van der Waals surface area contributed by atoms with E-state index in [1.165, 1.54) is 4.90 Å². The number of nitrogens with zero attached hydrogens (tertiary/aromatic N) is 1. The highest BCUT2D eigenvalue weighted by atomic mass is 16.4. The number of primary amides is 1. The van der Waals surface area contributed by atoms with Gasteiger partial charge in [0.15, 0.2) is 0 Å². The average molecular weight is 217 g/mol. The summed E-state index contributed by atoms with van der Waals surface area (Å²) in [5, 5.41) is 10.4. The molecule has 15 heavy (non-hydrogen) atoms. The smallest absolute Gasteiger partial charge is 0.318 e. The van der Waals surface area contributed by atoms with Crippen molar-refractivity contribution >= 4 is 17.9 Å². The van der Waals surface area contributed by atoms with Crippen LogP contribution in [0.15, 0.2) is 0 Å². The summed E-state index contributed by atoms with van der Waals surface area (Å²) in [5.41, 5.74) is 4.74. The predicted octanol–water partition coefficient (Wildman–Crippen LogP) is -1.02. The van der Waals surface area contributed by atoms with Gasteiger partial charge >= 0.3 is 12.0 Å². The van der Waals surface area contributed by atoms with Crippen molar-refractivity contribution in [1.82, 2.24) is 10.2 Å². The Bertz CT molecular complexity index is 254. The quantitative estimate of drug-likeness (QED) is 0.527. The lowest BCUT2D eigenvalue weighted by Gasteiger charge is -2.17. The van der Waals surface area contributed by atoms with Crippen molar-refractivity contribution in [2.75, 3.05) is 19.6 Å². The Morgan fingerprint density at radius 3 is 2.33 bits per heavy atom. The molecule has 0 bridgehead atoms. The number of aliphatic carboxylic acids is 1. The van der Waals surface area contributed by atoms with Gasteiger partial charge in [0.05, 0.1) is 13.1 Å². The lowest BCUT2D eigenvalue weighted by Crippen LogP contribution is -2.43. The van der Waals surface area contributed by atoms with Gasteiger partial charge in [-0.1, -0.05) is 6.92 Å². The van der Waals surface area contributed by atoms with Gasteiger partial charge in [-0.15, -0.1) is 0 Å². The molecule has 0 aromatic rings. The Kier molecular flexibility index (Phi) is 6.03. The van der Waals surface area contributed by atoms with E-state index in [0.717, 1.165) is 6.42 Å². The van der Waals surface area contributed by atoms with E-state index in [9.17, 15) is 14.4 Å². The summed E-state index contributed by atoms with van der Waals surface area (Å²) in [6.45, 7) is 1.95. The largest absolute Gasteiger partial charge is 0.480 e. The molecule has 0 heterocycles. The van der Waals surface area contributed by atoms with Gasteiger partial charge in [0.2, 0.25) is 5.91 Å². The maximum atomic E-state index is 11.1. The molecule has 0 rings (SSSR count). The molecule has 0 saturated carbocycles. The molecular formula is C8H15N3O4. The number of carboxylic acid groups (broad SMARTS) is 1. The first-order valence-corrected chi connectivity index (χ1v) is 4.49. The van der Waals surface area contributed by atoms with Gasteiger partial charge in [-0.05, 0) is 13.0 Å². The number of nitrogens with one attached hydrogen (secondary N) is 1. The molecule has 86 valence electrons. The van der Waals surface area contributed by atoms with E-state index < -0.39 is 17.9 Å². The molecular weight excluding hydrogens is 202 g/mol. The molecule has 0 saturated heterocycles. The molecule has 0 radical (unpaired) electrons. The van der Waals surface area contributed by atoms with Crippen molar-refractivity contribution in [3.63, 3.8) is 0 Å². The van der Waals surface area contributed by atoms with Crippen LogP contribution in [0.25, 0.3) is 0 Å². The third-order valence-corrected chi connectivity index (χ3v) is 1.53. The summed E-state index contributed by atoms with van der Waals surface area (Å²) in [6, 6.07) is -0.938. The van der Waals surface area contributed by atoms with Gasteiger partial charge in [0, 0.05) is 0 Å². The molecule has 3 amide bonds. The van der Waals surface area contributed by atoms with Crippen LogP contribution in [-0.4, -0.2) is 47.5 Å². The summed E-state index contributed by atoms with van der Waals surface area (Å²) in [6.07, 6.45) is 0.719. The SMILES string of the molecule is CCCN(CC(=O)O)CC(=O)NC(N)=O. The first-order chi connectivity index (χ1) is 6.95. The number of hydrogen-bond donors (Lipinski definition) is 3. The first-order valence-electron chi connectivity index (χ1n) is 4.49. The Labute approximate surface area is 87.2 Å². The molecule has 0 aliphatic heterocycles. The maximum absolute atomic E-state index is 11.1. The van der Waals surface area contributed by atoms with Gasteiger partial charge < -0.3 is 10.8 Å². The van der Waals surface area contributed by atoms with Crippen LogP contribution < -0.4 is 11.1 Å². The number of carbonyl (C=O) groups is 3. The van der Waals surface area contributed by atoms with Gasteiger partial charge in [-0.25, -0.2) is 4.79 Å². The number of imide groups is 1. The van der Waals surface area contributed by atoms with Gasteiger partial charge in [-0.2, -0.15) is 0 Å². The number of carbonyl (C=O) groups excluding carboxylic acids is 2. The van der Waals surface area contributed by atoms with Crippen LogP contribution in [0.3, 0.4) is 0 Å². The summed E-state index contributed by atoms with van der Waals surface area (Å²) in [4.78, 5) is 33.2. The third kappa shape index (κ3) is 7.44. The van der Waals surface area contributed by atoms with Crippen LogP contribution in [0.1, 0.15) is 13.3 Å². The molecule has 0 aliphatic carbocycles. The molecule has 0 atom stereocenters. The Balaban J connectivity index is 4.08. The number of rotatable bonds is 6. The second kappa shape index (κ2) is 6.77. The van der Waals surface area contributed by atoms with Crippen LogP contribution >= 0.6 is 0 Å². The van der Waals surface area contributed by atoms with Crippen molar-refractivity contribution in [1.29, 1.82) is 0 Å². The summed E-state index contributed by atoms with van der Waals surface area (Å²) in [5.74, 6) is -1.62. The van der Waals surface area contributed by atoms with Crippen LogP contribution in [0.2, 0.25) is 0 Å². The zero-order chi connectivity index (χ0) is 11.8. The maximum Gasteiger partial charge on any atom is 0.318 e. The standard InChI is InChI=1S/C8H15N3O4/c1-2-3-11(5-7(13)14)4-6(12)10-8(9)15/h2-5H2,1H3,(H,13,14)(H3,9,10,12,15). The Morgan fingerprint density at radius 2 is 1.93 bits per heavy atom. The third-order valence-electron chi connectivity index (χ3n) is 1.53. The average Bonchev–Trinajstić information content (AvgIpc) is 2.00. The van der Waals surface area contributed by atoms with Crippen molar-refractivity contribution in [3.8, 4) is 0 Å². The minimum Gasteiger partial charge on any atom is -0.480 e. The van der Waals surface area contributed by atoms with E-state index in [0.29, 0.717) is 6.54 Å². The van der Waals surface area contributed by atoms with E-state index in [1.807, 2.05) is 12.2 Å². The minimum absolute atomic E-state index is 0.150. The van der Waals surface area contributed by atoms with E-state index in [-0.39, 0.29) is 13.1 Å². The van der Waals surface area contributed by atoms with E-state index in [4.69, 9.17) is 10.8 Å². The molecule has 7 nitrogen and oxygen atoms in total. The lowest BCUT2D eigenvalue weighted by atomic mass is 10.4. The molecule has 0 aromatic carbocycles. The van der Waals surface area contributed by atoms with E-state index in [2.05, 4.69) is 0 Å². The molecule has 4 N–H and O–H groups in total. The number of urea groups is 1. The van der Waals surface area contributed by atoms with Crippen molar-refractivity contribution in [2.45, 2.75) is 13.3 Å². The molecule has 0 aliphatic rings. The predicted molar refractivity (Wildman–Crippen MR) is 52.1 cm³/mol. The summed E-state index contributed by atoms with van der Waals surface area (Å²) >= 11 is 0. The second-order valence-corrected chi connectivity index (χ2v) is 3.02. The van der Waals surface area contributed by atoms with Crippen LogP contribution in [-0.2, 0) is 9.59 Å². The molecule has 7 heteroatoms. The molecule has 0 fully saturated rings. The summed E-state index contributed by atoms with van der Waals surface area (Å²) in [7, 11) is 0. The van der Waals surface area contributed by atoms with Gasteiger partial charge in [0.25, 0.3) is 0 Å². The van der Waals surface area contributed by atoms with Crippen LogP contribution in [0, 0.1) is 0 Å². The van der Waals surface area contributed by atoms with E-state index >= 15 is 0 Å². The number of hydrogen-bond acceptors (Lipinski definition) is 4. The van der Waals surface area contributed by atoms with Gasteiger partial charge in [-0.3, -0.25) is 19.8 Å². The monoisotopic (exact) mass is 217 g/mol. The fourth-order valence-electron chi connectivity index (χ4n) is 1.10. The topological polar surface area (TPSA) is 113 Å². The summed E-state index contributed by atoms with van der Waals surface area (Å²) < 4.78 is 0. The molecule has 0 aromatic heterocycles.